The van der Waals surface area contributed by atoms with Gasteiger partial charge in [0.2, 0.25) is 5.89 Å². The van der Waals surface area contributed by atoms with E-state index in [2.05, 4.69) is 15.4 Å². The third-order valence-electron chi connectivity index (χ3n) is 5.27. The number of aromatic amines is 1. The fraction of sp³-hybridized carbons (Fsp3) is 0.160. The third kappa shape index (κ3) is 4.40. The van der Waals surface area contributed by atoms with Crippen LogP contribution >= 0.6 is 11.6 Å². The minimum atomic E-state index is 0.500. The predicted octanol–water partition coefficient (Wildman–Crippen LogP) is 5.95. The lowest BCUT2D eigenvalue weighted by atomic mass is 10.1. The number of ether oxygens (including phenoxy) is 2. The van der Waals surface area contributed by atoms with Crippen molar-refractivity contribution >= 4 is 22.6 Å². The van der Waals surface area contributed by atoms with Gasteiger partial charge in [0.1, 0.15) is 22.5 Å². The molecule has 1 N–H and O–H groups in total. The Morgan fingerprint density at radius 2 is 1.76 bits per heavy atom. The number of aryl methyl sites for hydroxylation is 1. The Kier molecular flexibility index (Phi) is 5.95. The number of halogens is 1. The standard InChI is InChI=1S/C25H21ClN4O3/c1-31-20-8-2-3-9-21(20)32-15-5-10-22-23(16-11-13-17(26)14-12-16)27-25(33-22)18-6-4-7-19-24(18)29-30-28-19/h2-4,6-9,11-14H,5,10,15H2,1H3,(H,28,29,30). The molecule has 2 heterocycles. The molecule has 0 saturated heterocycles. The molecule has 5 rings (SSSR count). The quantitative estimate of drug-likeness (QED) is 0.288. The monoisotopic (exact) mass is 460 g/mol. The average Bonchev–Trinajstić information content (AvgIpc) is 3.50. The highest BCUT2D eigenvalue weighted by atomic mass is 35.5. The van der Waals surface area contributed by atoms with Crippen LogP contribution in [0.4, 0.5) is 0 Å². The van der Waals surface area contributed by atoms with Crippen molar-refractivity contribution in [3.8, 4) is 34.2 Å². The van der Waals surface area contributed by atoms with E-state index in [0.717, 1.165) is 34.5 Å². The zero-order valence-corrected chi connectivity index (χ0v) is 18.7. The molecule has 2 aromatic heterocycles. The highest BCUT2D eigenvalue weighted by Gasteiger charge is 2.19. The summed E-state index contributed by atoms with van der Waals surface area (Å²) in [5.41, 5.74) is 3.97. The summed E-state index contributed by atoms with van der Waals surface area (Å²) in [6, 6.07) is 20.9. The lowest BCUT2D eigenvalue weighted by molar-refractivity contribution is 0.286. The summed E-state index contributed by atoms with van der Waals surface area (Å²) in [6.45, 7) is 0.509. The second kappa shape index (κ2) is 9.34. The number of fused-ring (bicyclic) bond motifs is 1. The molecule has 3 aromatic carbocycles. The fourth-order valence-electron chi connectivity index (χ4n) is 3.66. The summed E-state index contributed by atoms with van der Waals surface area (Å²) in [7, 11) is 1.63. The number of nitrogens with zero attached hydrogens (tertiary/aromatic N) is 3. The van der Waals surface area contributed by atoms with Gasteiger partial charge < -0.3 is 13.9 Å². The molecule has 0 aliphatic heterocycles. The lowest BCUT2D eigenvalue weighted by Crippen LogP contribution is -2.01. The highest BCUT2D eigenvalue weighted by Crippen LogP contribution is 2.33. The molecule has 5 aromatic rings. The Morgan fingerprint density at radius 1 is 0.939 bits per heavy atom. The SMILES string of the molecule is COc1ccccc1OCCCc1oc(-c2cccc3n[nH]nc23)nc1-c1ccc(Cl)cc1. The van der Waals surface area contributed by atoms with E-state index >= 15 is 0 Å². The van der Waals surface area contributed by atoms with E-state index in [4.69, 9.17) is 30.5 Å². The van der Waals surface area contributed by atoms with E-state index in [0.29, 0.717) is 41.0 Å². The maximum Gasteiger partial charge on any atom is 0.229 e. The molecule has 8 heteroatoms. The number of H-pyrrole nitrogens is 1. The van der Waals surface area contributed by atoms with Gasteiger partial charge in [-0.3, -0.25) is 0 Å². The van der Waals surface area contributed by atoms with Gasteiger partial charge in [0.15, 0.2) is 11.5 Å². The average molecular weight is 461 g/mol. The summed E-state index contributed by atoms with van der Waals surface area (Å²) >= 11 is 6.09. The Hall–Kier alpha value is -3.84. The van der Waals surface area contributed by atoms with Gasteiger partial charge in [-0.1, -0.05) is 41.9 Å². The van der Waals surface area contributed by atoms with Crippen LogP contribution < -0.4 is 9.47 Å². The maximum absolute atomic E-state index is 6.25. The van der Waals surface area contributed by atoms with Crippen LogP contribution in [0.1, 0.15) is 12.2 Å². The van der Waals surface area contributed by atoms with E-state index in [1.165, 1.54) is 0 Å². The van der Waals surface area contributed by atoms with E-state index in [1.54, 1.807) is 7.11 Å². The fourth-order valence-corrected chi connectivity index (χ4v) is 3.79. The van der Waals surface area contributed by atoms with Crippen LogP contribution in [0, 0.1) is 0 Å². The number of nitrogens with one attached hydrogen (secondary N) is 1. The van der Waals surface area contributed by atoms with Crippen LogP contribution in [-0.2, 0) is 6.42 Å². The van der Waals surface area contributed by atoms with Crippen molar-refractivity contribution in [2.75, 3.05) is 13.7 Å². The van der Waals surface area contributed by atoms with Gasteiger partial charge in [-0.25, -0.2) is 4.98 Å². The normalized spacial score (nSPS) is 11.1. The van der Waals surface area contributed by atoms with Crippen molar-refractivity contribution in [3.05, 3.63) is 77.5 Å². The zero-order valence-electron chi connectivity index (χ0n) is 17.9. The first-order valence-corrected chi connectivity index (χ1v) is 10.9. The number of hydrogen-bond donors (Lipinski definition) is 1. The maximum atomic E-state index is 6.25. The van der Waals surface area contributed by atoms with E-state index in [-0.39, 0.29) is 0 Å². The third-order valence-corrected chi connectivity index (χ3v) is 5.52. The number of benzene rings is 3. The first kappa shape index (κ1) is 21.0. The highest BCUT2D eigenvalue weighted by molar-refractivity contribution is 6.30. The molecule has 0 saturated carbocycles. The molecular weight excluding hydrogens is 440 g/mol. The Balaban J connectivity index is 1.41. The van der Waals surface area contributed by atoms with E-state index < -0.39 is 0 Å². The van der Waals surface area contributed by atoms with Crippen LogP contribution in [0.2, 0.25) is 5.02 Å². The van der Waals surface area contributed by atoms with Crippen molar-refractivity contribution in [2.45, 2.75) is 12.8 Å². The van der Waals surface area contributed by atoms with Gasteiger partial charge in [0.25, 0.3) is 0 Å². The summed E-state index contributed by atoms with van der Waals surface area (Å²) in [6.07, 6.45) is 1.39. The number of methoxy groups -OCH3 is 1. The van der Waals surface area contributed by atoms with Crippen LogP contribution in [0.25, 0.3) is 33.7 Å². The molecule has 7 nitrogen and oxygen atoms in total. The topological polar surface area (TPSA) is 86.1 Å². The molecule has 0 aliphatic rings. The van der Waals surface area contributed by atoms with E-state index in [9.17, 15) is 0 Å². The van der Waals surface area contributed by atoms with Crippen LogP contribution in [0.15, 0.2) is 71.1 Å². The number of para-hydroxylation sites is 3. The van der Waals surface area contributed by atoms with Gasteiger partial charge >= 0.3 is 0 Å². The van der Waals surface area contributed by atoms with Crippen molar-refractivity contribution in [3.63, 3.8) is 0 Å². The molecule has 0 bridgehead atoms. The molecule has 0 radical (unpaired) electrons. The molecule has 166 valence electrons. The van der Waals surface area contributed by atoms with Crippen LogP contribution in [-0.4, -0.2) is 34.1 Å². The number of hydrogen-bond acceptors (Lipinski definition) is 6. The Bertz CT molecular complexity index is 1380. The summed E-state index contributed by atoms with van der Waals surface area (Å²) < 4.78 is 17.5. The smallest absolute Gasteiger partial charge is 0.229 e. The largest absolute Gasteiger partial charge is 0.493 e. The molecule has 0 aliphatic carbocycles. The molecule has 0 unspecified atom stereocenters. The molecule has 0 atom stereocenters. The first-order valence-electron chi connectivity index (χ1n) is 10.5. The second-order valence-electron chi connectivity index (χ2n) is 7.40. The van der Waals surface area contributed by atoms with Gasteiger partial charge in [-0.15, -0.1) is 0 Å². The van der Waals surface area contributed by atoms with Crippen LogP contribution in [0.5, 0.6) is 11.5 Å². The summed E-state index contributed by atoms with van der Waals surface area (Å²) in [4.78, 5) is 4.82. The van der Waals surface area contributed by atoms with Gasteiger partial charge in [0, 0.05) is 17.0 Å². The number of rotatable bonds is 8. The molecule has 33 heavy (non-hydrogen) atoms. The molecule has 0 amide bonds. The zero-order chi connectivity index (χ0) is 22.6. The number of aromatic nitrogens is 4. The number of oxazole rings is 1. The first-order chi connectivity index (χ1) is 16.2. The van der Waals surface area contributed by atoms with Crippen molar-refractivity contribution in [2.24, 2.45) is 0 Å². The Labute approximate surface area is 195 Å². The van der Waals surface area contributed by atoms with Gasteiger partial charge in [0.05, 0.1) is 19.3 Å². The Morgan fingerprint density at radius 3 is 2.58 bits per heavy atom. The molecule has 0 spiro atoms. The van der Waals surface area contributed by atoms with Crippen LogP contribution in [0.3, 0.4) is 0 Å². The van der Waals surface area contributed by atoms with Crippen molar-refractivity contribution < 1.29 is 13.9 Å². The van der Waals surface area contributed by atoms with Gasteiger partial charge in [-0.05, 0) is 42.8 Å². The predicted molar refractivity (Wildman–Crippen MR) is 127 cm³/mol. The van der Waals surface area contributed by atoms with Crippen molar-refractivity contribution in [1.82, 2.24) is 20.4 Å². The van der Waals surface area contributed by atoms with Crippen molar-refractivity contribution in [1.29, 1.82) is 0 Å². The minimum absolute atomic E-state index is 0.500. The van der Waals surface area contributed by atoms with E-state index in [1.807, 2.05) is 66.7 Å². The molecule has 0 fully saturated rings. The summed E-state index contributed by atoms with van der Waals surface area (Å²) in [5.74, 6) is 2.70. The lowest BCUT2D eigenvalue weighted by Gasteiger charge is -2.09. The van der Waals surface area contributed by atoms with Gasteiger partial charge in [-0.2, -0.15) is 15.4 Å². The molecular formula is C25H21ClN4O3. The second-order valence-corrected chi connectivity index (χ2v) is 7.83. The summed E-state index contributed by atoms with van der Waals surface area (Å²) in [5, 5.41) is 11.7. The minimum Gasteiger partial charge on any atom is -0.493 e.